The minimum absolute atomic E-state index is 0.131. The summed E-state index contributed by atoms with van der Waals surface area (Å²) in [6.07, 6.45) is 1.19. The van der Waals surface area contributed by atoms with Crippen molar-refractivity contribution in [2.24, 2.45) is 0 Å². The molecule has 0 radical (unpaired) electrons. The van der Waals surface area contributed by atoms with Crippen LogP contribution in [0, 0.1) is 0 Å². The van der Waals surface area contributed by atoms with Gasteiger partial charge in [0.25, 0.3) is 0 Å². The molecule has 0 fully saturated rings. The molecule has 17 heavy (non-hydrogen) atoms. The fourth-order valence-electron chi connectivity index (χ4n) is 1.45. The van der Waals surface area contributed by atoms with Crippen LogP contribution in [0.5, 0.6) is 11.5 Å². The Kier molecular flexibility index (Phi) is 4.16. The van der Waals surface area contributed by atoms with Crippen molar-refractivity contribution in [3.63, 3.8) is 0 Å². The fraction of sp³-hybridized carbons (Fsp3) is 0.500. The summed E-state index contributed by atoms with van der Waals surface area (Å²) >= 11 is 0. The monoisotopic (exact) mass is 236 g/mol. The van der Waals surface area contributed by atoms with Gasteiger partial charge in [0.1, 0.15) is 11.4 Å². The lowest BCUT2D eigenvalue weighted by Gasteiger charge is -2.22. The molecule has 94 valence electrons. The van der Waals surface area contributed by atoms with Crippen molar-refractivity contribution in [1.29, 1.82) is 0 Å². The Morgan fingerprint density at radius 1 is 1.35 bits per heavy atom. The van der Waals surface area contributed by atoms with Gasteiger partial charge in [0.15, 0.2) is 11.5 Å². The predicted octanol–water partition coefficient (Wildman–Crippen LogP) is 3.09. The molecule has 1 N–H and O–H groups in total. The number of Topliss-reactive ketones (excluding diaryl/α,β-unsaturated/α-hetero) is 1. The minimum Gasteiger partial charge on any atom is -0.504 e. The molecule has 0 aliphatic carbocycles. The van der Waals surface area contributed by atoms with Gasteiger partial charge in [-0.25, -0.2) is 0 Å². The molecule has 1 aromatic carbocycles. The van der Waals surface area contributed by atoms with Crippen LogP contribution in [0.4, 0.5) is 0 Å². The van der Waals surface area contributed by atoms with Gasteiger partial charge in [0.2, 0.25) is 0 Å². The molecule has 0 aliphatic heterocycles. The zero-order valence-electron chi connectivity index (χ0n) is 10.9. The highest BCUT2D eigenvalue weighted by Gasteiger charge is 2.15. The number of carbonyl (C=O) groups is 1. The van der Waals surface area contributed by atoms with Gasteiger partial charge < -0.3 is 14.6 Å². The number of benzene rings is 1. The van der Waals surface area contributed by atoms with Crippen molar-refractivity contribution in [3.05, 3.63) is 23.8 Å². The summed E-state index contributed by atoms with van der Waals surface area (Å²) in [5, 5.41) is 9.68. The van der Waals surface area contributed by atoms with Crippen LogP contribution in [0.15, 0.2) is 18.2 Å². The number of ether oxygens (including phenoxy) is 1. The molecule has 3 heteroatoms. The zero-order valence-corrected chi connectivity index (χ0v) is 10.9. The fourth-order valence-corrected chi connectivity index (χ4v) is 1.45. The van der Waals surface area contributed by atoms with Crippen LogP contribution in [0.25, 0.3) is 0 Å². The van der Waals surface area contributed by atoms with Crippen LogP contribution in [-0.4, -0.2) is 16.5 Å². The van der Waals surface area contributed by atoms with Crippen molar-refractivity contribution >= 4 is 5.78 Å². The number of carbonyl (C=O) groups excluding carboxylic acids is 1. The summed E-state index contributed by atoms with van der Waals surface area (Å²) in [6.45, 7) is 7.35. The van der Waals surface area contributed by atoms with E-state index >= 15 is 0 Å². The highest BCUT2D eigenvalue weighted by Crippen LogP contribution is 2.30. The van der Waals surface area contributed by atoms with Crippen molar-refractivity contribution in [2.75, 3.05) is 0 Å². The lowest BCUT2D eigenvalue weighted by atomic mass is 10.1. The van der Waals surface area contributed by atoms with Crippen LogP contribution in [0.1, 0.15) is 39.7 Å². The topological polar surface area (TPSA) is 46.5 Å². The third-order valence-corrected chi connectivity index (χ3v) is 2.21. The first-order valence-electron chi connectivity index (χ1n) is 5.78. The SMILES string of the molecule is CC(=O)CCc1ccc(O)c(OC(C)(C)C)c1. The van der Waals surface area contributed by atoms with Gasteiger partial charge in [-0.15, -0.1) is 0 Å². The van der Waals surface area contributed by atoms with E-state index in [9.17, 15) is 9.90 Å². The number of ketones is 1. The first-order chi connectivity index (χ1) is 7.78. The average Bonchev–Trinajstić information content (AvgIpc) is 2.17. The van der Waals surface area contributed by atoms with Crippen LogP contribution in [0.2, 0.25) is 0 Å². The van der Waals surface area contributed by atoms with Crippen LogP contribution < -0.4 is 4.74 Å². The van der Waals surface area contributed by atoms with Gasteiger partial charge in [-0.3, -0.25) is 0 Å². The second-order valence-electron chi connectivity index (χ2n) is 5.22. The van der Waals surface area contributed by atoms with Crippen LogP contribution >= 0.6 is 0 Å². The van der Waals surface area contributed by atoms with Crippen molar-refractivity contribution < 1.29 is 14.6 Å². The zero-order chi connectivity index (χ0) is 13.1. The second-order valence-corrected chi connectivity index (χ2v) is 5.22. The lowest BCUT2D eigenvalue weighted by molar-refractivity contribution is -0.116. The molecule has 0 saturated carbocycles. The normalized spacial score (nSPS) is 11.3. The third-order valence-electron chi connectivity index (χ3n) is 2.21. The Bertz CT molecular complexity index is 402. The second kappa shape index (κ2) is 5.21. The number of hydrogen-bond acceptors (Lipinski definition) is 3. The number of aryl methyl sites for hydroxylation is 1. The molecule has 0 atom stereocenters. The Labute approximate surface area is 102 Å². The average molecular weight is 236 g/mol. The highest BCUT2D eigenvalue weighted by atomic mass is 16.5. The summed E-state index contributed by atoms with van der Waals surface area (Å²) < 4.78 is 5.65. The maximum Gasteiger partial charge on any atom is 0.161 e. The molecular formula is C14H20O3. The summed E-state index contributed by atoms with van der Waals surface area (Å²) in [7, 11) is 0. The molecule has 0 unspecified atom stereocenters. The molecule has 0 spiro atoms. The quantitative estimate of drug-likeness (QED) is 0.873. The number of phenolic OH excluding ortho intramolecular Hbond substituents is 1. The molecule has 3 nitrogen and oxygen atoms in total. The van der Waals surface area contributed by atoms with Crippen molar-refractivity contribution in [2.45, 2.75) is 46.1 Å². The smallest absolute Gasteiger partial charge is 0.161 e. The van der Waals surface area contributed by atoms with Crippen molar-refractivity contribution in [3.8, 4) is 11.5 Å². The first-order valence-corrected chi connectivity index (χ1v) is 5.78. The van der Waals surface area contributed by atoms with Crippen molar-refractivity contribution in [1.82, 2.24) is 0 Å². The van der Waals surface area contributed by atoms with E-state index in [-0.39, 0.29) is 17.1 Å². The van der Waals surface area contributed by atoms with E-state index in [1.807, 2.05) is 26.8 Å². The predicted molar refractivity (Wildman–Crippen MR) is 67.5 cm³/mol. The van der Waals surface area contributed by atoms with E-state index in [1.54, 1.807) is 19.1 Å². The van der Waals surface area contributed by atoms with E-state index in [2.05, 4.69) is 0 Å². The van der Waals surface area contributed by atoms with E-state index in [1.165, 1.54) is 0 Å². The Morgan fingerprint density at radius 3 is 2.53 bits per heavy atom. The summed E-state index contributed by atoms with van der Waals surface area (Å²) in [6, 6.07) is 5.22. The molecule has 0 amide bonds. The molecule has 0 saturated heterocycles. The Morgan fingerprint density at radius 2 is 2.00 bits per heavy atom. The van der Waals surface area contributed by atoms with E-state index in [0.717, 1.165) is 5.56 Å². The van der Waals surface area contributed by atoms with E-state index < -0.39 is 0 Å². The Balaban J connectivity index is 2.83. The Hall–Kier alpha value is -1.51. The maximum absolute atomic E-state index is 10.9. The summed E-state index contributed by atoms with van der Waals surface area (Å²) in [5.74, 6) is 0.765. The van der Waals surface area contributed by atoms with Gasteiger partial charge in [-0.2, -0.15) is 0 Å². The molecule has 0 aromatic heterocycles. The van der Waals surface area contributed by atoms with Gasteiger partial charge in [-0.1, -0.05) is 6.07 Å². The van der Waals surface area contributed by atoms with Crippen LogP contribution in [-0.2, 0) is 11.2 Å². The molecule has 0 heterocycles. The summed E-state index contributed by atoms with van der Waals surface area (Å²) in [4.78, 5) is 10.9. The van der Waals surface area contributed by atoms with E-state index in [0.29, 0.717) is 18.6 Å². The third kappa shape index (κ3) is 4.89. The van der Waals surface area contributed by atoms with E-state index in [4.69, 9.17) is 4.74 Å². The molecule has 0 aliphatic rings. The molecule has 1 rings (SSSR count). The van der Waals surface area contributed by atoms with Gasteiger partial charge in [-0.05, 0) is 51.8 Å². The largest absolute Gasteiger partial charge is 0.504 e. The standard InChI is InChI=1S/C14H20O3/c1-10(15)5-6-11-7-8-12(16)13(9-11)17-14(2,3)4/h7-9,16H,5-6H2,1-4H3. The van der Waals surface area contributed by atoms with Gasteiger partial charge in [0.05, 0.1) is 0 Å². The van der Waals surface area contributed by atoms with Crippen LogP contribution in [0.3, 0.4) is 0 Å². The molecular weight excluding hydrogens is 216 g/mol. The maximum atomic E-state index is 10.9. The molecule has 0 bridgehead atoms. The summed E-state index contributed by atoms with van der Waals surface area (Å²) in [5.41, 5.74) is 0.647. The minimum atomic E-state index is -0.351. The van der Waals surface area contributed by atoms with Gasteiger partial charge >= 0.3 is 0 Å². The number of phenols is 1. The number of hydrogen-bond donors (Lipinski definition) is 1. The number of rotatable bonds is 4. The first kappa shape index (κ1) is 13.6. The van der Waals surface area contributed by atoms with Gasteiger partial charge in [0, 0.05) is 6.42 Å². The highest BCUT2D eigenvalue weighted by molar-refractivity contribution is 5.75. The lowest BCUT2D eigenvalue weighted by Crippen LogP contribution is -2.23. The molecule has 1 aromatic rings. The number of aromatic hydroxyl groups is 1.